The summed E-state index contributed by atoms with van der Waals surface area (Å²) in [6.07, 6.45) is 0. The highest BCUT2D eigenvalue weighted by molar-refractivity contribution is 5.55. The fourth-order valence-electron chi connectivity index (χ4n) is 2.73. The molecule has 1 heterocycles. The first-order chi connectivity index (χ1) is 13.0. The van der Waals surface area contributed by atoms with Gasteiger partial charge in [-0.1, -0.05) is 30.3 Å². The smallest absolute Gasteiger partial charge is 0.253 e. The molecule has 0 amide bonds. The Morgan fingerprint density at radius 1 is 1.07 bits per heavy atom. The summed E-state index contributed by atoms with van der Waals surface area (Å²) in [5.41, 5.74) is 10.8. The Balaban J connectivity index is 1.78. The Hall–Kier alpha value is -3.46. The number of nitrogens with two attached hydrogens (primary N) is 1. The van der Waals surface area contributed by atoms with Crippen LogP contribution in [0.25, 0.3) is 0 Å². The first-order valence-electron chi connectivity index (χ1n) is 8.60. The van der Waals surface area contributed by atoms with E-state index in [0.29, 0.717) is 19.0 Å². The number of hydrogen-bond acceptors (Lipinski definition) is 5. The second kappa shape index (κ2) is 7.83. The molecule has 3 rings (SSSR count). The van der Waals surface area contributed by atoms with E-state index >= 15 is 0 Å². The van der Waals surface area contributed by atoms with Gasteiger partial charge in [0.05, 0.1) is 13.7 Å². The summed E-state index contributed by atoms with van der Waals surface area (Å²) in [4.78, 5) is 0. The number of benzene rings is 2. The van der Waals surface area contributed by atoms with Gasteiger partial charge in [0, 0.05) is 0 Å². The minimum Gasteiger partial charge on any atom is -0.497 e. The first kappa shape index (κ1) is 18.3. The number of nitrogens with zero attached hydrogens (tertiary/aromatic N) is 3. The summed E-state index contributed by atoms with van der Waals surface area (Å²) < 4.78 is 12.5. The van der Waals surface area contributed by atoms with E-state index in [1.807, 2.05) is 30.3 Å². The van der Waals surface area contributed by atoms with Crippen LogP contribution in [0.1, 0.15) is 27.8 Å². The molecule has 0 saturated heterocycles. The number of nitriles is 1. The molecule has 27 heavy (non-hydrogen) atoms. The molecule has 0 aliphatic heterocycles. The maximum Gasteiger partial charge on any atom is 0.253 e. The third kappa shape index (κ3) is 4.04. The molecule has 6 nitrogen and oxygen atoms in total. The predicted molar refractivity (Wildman–Crippen MR) is 104 cm³/mol. The van der Waals surface area contributed by atoms with Crippen LogP contribution in [0.3, 0.4) is 0 Å². The fraction of sp³-hybridized carbons (Fsp3) is 0.238. The summed E-state index contributed by atoms with van der Waals surface area (Å²) in [5, 5.41) is 13.8. The SMILES string of the molecule is COc1ccc(Cn2nc(OCc3ccc(C)c(C)c3)c(C#N)c2N)cc1. The van der Waals surface area contributed by atoms with Gasteiger partial charge in [-0.3, -0.25) is 0 Å². The minimum atomic E-state index is 0.252. The first-order valence-corrected chi connectivity index (χ1v) is 8.60. The average Bonchev–Trinajstić information content (AvgIpc) is 2.98. The van der Waals surface area contributed by atoms with Crippen LogP contribution in [0.5, 0.6) is 11.6 Å². The molecule has 0 fully saturated rings. The molecular weight excluding hydrogens is 340 g/mol. The van der Waals surface area contributed by atoms with Gasteiger partial charge in [0.25, 0.3) is 5.88 Å². The standard InChI is InChI=1S/C21H22N4O2/c1-14-4-5-17(10-15(14)2)13-27-21-19(11-22)20(23)25(24-21)12-16-6-8-18(26-3)9-7-16/h4-10H,12-13,23H2,1-3H3. The number of methoxy groups -OCH3 is 1. The Kier molecular flexibility index (Phi) is 5.32. The van der Waals surface area contributed by atoms with Crippen molar-refractivity contribution in [3.05, 3.63) is 70.3 Å². The highest BCUT2D eigenvalue weighted by atomic mass is 16.5. The zero-order valence-electron chi connectivity index (χ0n) is 15.7. The average molecular weight is 362 g/mol. The molecule has 2 N–H and O–H groups in total. The van der Waals surface area contributed by atoms with E-state index in [9.17, 15) is 5.26 Å². The Morgan fingerprint density at radius 2 is 1.78 bits per heavy atom. The van der Waals surface area contributed by atoms with Crippen LogP contribution in [0.15, 0.2) is 42.5 Å². The van der Waals surface area contributed by atoms with Crippen molar-refractivity contribution in [3.63, 3.8) is 0 Å². The lowest BCUT2D eigenvalue weighted by Gasteiger charge is -2.06. The van der Waals surface area contributed by atoms with Gasteiger partial charge < -0.3 is 15.2 Å². The van der Waals surface area contributed by atoms with E-state index in [-0.39, 0.29) is 11.4 Å². The highest BCUT2D eigenvalue weighted by Crippen LogP contribution is 2.25. The molecule has 0 atom stereocenters. The second-order valence-corrected chi connectivity index (χ2v) is 6.39. The summed E-state index contributed by atoms with van der Waals surface area (Å²) in [6.45, 7) is 4.89. The number of ether oxygens (including phenoxy) is 2. The Labute approximate surface area is 158 Å². The van der Waals surface area contributed by atoms with Gasteiger partial charge in [-0.2, -0.15) is 5.26 Å². The largest absolute Gasteiger partial charge is 0.497 e. The maximum atomic E-state index is 9.44. The Morgan fingerprint density at radius 3 is 2.41 bits per heavy atom. The van der Waals surface area contributed by atoms with Crippen LogP contribution < -0.4 is 15.2 Å². The van der Waals surface area contributed by atoms with Gasteiger partial charge in [0.2, 0.25) is 0 Å². The molecule has 0 radical (unpaired) electrons. The van der Waals surface area contributed by atoms with Gasteiger partial charge in [-0.25, -0.2) is 4.68 Å². The summed E-state index contributed by atoms with van der Waals surface area (Å²) in [6, 6.07) is 15.8. The monoisotopic (exact) mass is 362 g/mol. The minimum absolute atomic E-state index is 0.252. The third-order valence-corrected chi connectivity index (χ3v) is 4.51. The lowest BCUT2D eigenvalue weighted by molar-refractivity contribution is 0.289. The molecule has 0 aliphatic carbocycles. The number of rotatable bonds is 6. The van der Waals surface area contributed by atoms with Gasteiger partial charge in [0.1, 0.15) is 24.2 Å². The number of aromatic nitrogens is 2. The van der Waals surface area contributed by atoms with Crippen LogP contribution in [0.4, 0.5) is 5.82 Å². The van der Waals surface area contributed by atoms with E-state index in [0.717, 1.165) is 16.9 Å². The van der Waals surface area contributed by atoms with Crippen molar-refractivity contribution in [2.24, 2.45) is 0 Å². The van der Waals surface area contributed by atoms with Crippen molar-refractivity contribution < 1.29 is 9.47 Å². The van der Waals surface area contributed by atoms with Crippen LogP contribution >= 0.6 is 0 Å². The van der Waals surface area contributed by atoms with Crippen LogP contribution in [-0.4, -0.2) is 16.9 Å². The van der Waals surface area contributed by atoms with Crippen molar-refractivity contribution in [1.82, 2.24) is 9.78 Å². The fourth-order valence-corrected chi connectivity index (χ4v) is 2.73. The Bertz CT molecular complexity index is 985. The van der Waals surface area contributed by atoms with Crippen LogP contribution in [-0.2, 0) is 13.2 Å². The molecule has 1 aromatic heterocycles. The summed E-state index contributed by atoms with van der Waals surface area (Å²) >= 11 is 0. The maximum absolute atomic E-state index is 9.44. The van der Waals surface area contributed by atoms with E-state index in [1.54, 1.807) is 11.8 Å². The van der Waals surface area contributed by atoms with E-state index in [2.05, 4.69) is 37.1 Å². The van der Waals surface area contributed by atoms with Crippen LogP contribution in [0.2, 0.25) is 0 Å². The van der Waals surface area contributed by atoms with Crippen LogP contribution in [0, 0.1) is 25.2 Å². The molecule has 0 saturated carbocycles. The number of hydrogen-bond donors (Lipinski definition) is 1. The molecule has 0 aliphatic rings. The number of aryl methyl sites for hydroxylation is 2. The van der Waals surface area contributed by atoms with E-state index in [4.69, 9.17) is 15.2 Å². The van der Waals surface area contributed by atoms with Gasteiger partial charge in [0.15, 0.2) is 5.56 Å². The van der Waals surface area contributed by atoms with Crippen molar-refractivity contribution in [2.45, 2.75) is 27.0 Å². The zero-order chi connectivity index (χ0) is 19.4. The van der Waals surface area contributed by atoms with E-state index in [1.165, 1.54) is 11.1 Å². The molecule has 138 valence electrons. The highest BCUT2D eigenvalue weighted by Gasteiger charge is 2.17. The molecule has 0 spiro atoms. The summed E-state index contributed by atoms with van der Waals surface area (Å²) in [7, 11) is 1.62. The van der Waals surface area contributed by atoms with Crippen molar-refractivity contribution in [3.8, 4) is 17.7 Å². The quantitative estimate of drug-likeness (QED) is 0.724. The molecule has 6 heteroatoms. The lowest BCUT2D eigenvalue weighted by Crippen LogP contribution is -2.06. The molecule has 0 bridgehead atoms. The van der Waals surface area contributed by atoms with E-state index < -0.39 is 0 Å². The summed E-state index contributed by atoms with van der Waals surface area (Å²) in [5.74, 6) is 1.33. The van der Waals surface area contributed by atoms with Crippen molar-refractivity contribution in [2.75, 3.05) is 12.8 Å². The molecular formula is C21H22N4O2. The van der Waals surface area contributed by atoms with Gasteiger partial charge >= 0.3 is 0 Å². The van der Waals surface area contributed by atoms with Crippen molar-refractivity contribution in [1.29, 1.82) is 5.26 Å². The molecule has 0 unspecified atom stereocenters. The second-order valence-electron chi connectivity index (χ2n) is 6.39. The topological polar surface area (TPSA) is 86.1 Å². The number of nitrogen functional groups attached to an aromatic ring is 1. The molecule has 3 aromatic rings. The van der Waals surface area contributed by atoms with Crippen molar-refractivity contribution >= 4 is 5.82 Å². The van der Waals surface area contributed by atoms with Gasteiger partial charge in [-0.05, 0) is 48.2 Å². The lowest BCUT2D eigenvalue weighted by atomic mass is 10.1. The van der Waals surface area contributed by atoms with Gasteiger partial charge in [-0.15, -0.1) is 5.10 Å². The normalized spacial score (nSPS) is 10.4. The molecule has 2 aromatic carbocycles. The third-order valence-electron chi connectivity index (χ3n) is 4.51. The predicted octanol–water partition coefficient (Wildman–Crippen LogP) is 3.59. The zero-order valence-corrected chi connectivity index (χ0v) is 15.7. The number of anilines is 1.